The minimum absolute atomic E-state index is 0.0442. The Balaban J connectivity index is 1.98. The van der Waals surface area contributed by atoms with Crippen molar-refractivity contribution in [2.24, 2.45) is 0 Å². The summed E-state index contributed by atoms with van der Waals surface area (Å²) in [4.78, 5) is 11.6. The summed E-state index contributed by atoms with van der Waals surface area (Å²) >= 11 is 1.17. The highest BCUT2D eigenvalue weighted by Crippen LogP contribution is 2.25. The number of anilines is 1. The van der Waals surface area contributed by atoms with E-state index in [2.05, 4.69) is 9.69 Å². The second-order valence-electron chi connectivity index (χ2n) is 4.37. The minimum atomic E-state index is -3.12. The van der Waals surface area contributed by atoms with E-state index in [4.69, 9.17) is 0 Å². The molecule has 0 spiro atoms. The Morgan fingerprint density at radius 2 is 2.00 bits per heavy atom. The standard InChI is InChI=1S/C13H14N2O3S2/c1-20(17,18)8-7-12(16)14-13-9-11(15-19-13)10-5-3-2-4-6-10/h2-6,9H,7-8H2,1H3,(H,14,16). The number of sulfone groups is 1. The van der Waals surface area contributed by atoms with Gasteiger partial charge >= 0.3 is 0 Å². The van der Waals surface area contributed by atoms with Crippen LogP contribution in [-0.2, 0) is 14.6 Å². The van der Waals surface area contributed by atoms with Gasteiger partial charge in [-0.3, -0.25) is 4.79 Å². The smallest absolute Gasteiger partial charge is 0.226 e. The summed E-state index contributed by atoms with van der Waals surface area (Å²) in [5.74, 6) is -0.470. The Bertz CT molecular complexity index is 693. The number of carbonyl (C=O) groups excluding carboxylic acids is 1. The van der Waals surface area contributed by atoms with E-state index in [1.54, 1.807) is 6.07 Å². The fourth-order valence-corrected chi connectivity index (χ4v) is 2.79. The lowest BCUT2D eigenvalue weighted by molar-refractivity contribution is -0.115. The third-order valence-electron chi connectivity index (χ3n) is 2.54. The zero-order valence-electron chi connectivity index (χ0n) is 10.9. The number of rotatable bonds is 5. The van der Waals surface area contributed by atoms with Gasteiger partial charge in [-0.05, 0) is 11.5 Å². The second kappa shape index (κ2) is 6.15. The van der Waals surface area contributed by atoms with Gasteiger partial charge in [-0.15, -0.1) is 0 Å². The summed E-state index contributed by atoms with van der Waals surface area (Å²) in [7, 11) is -3.12. The van der Waals surface area contributed by atoms with Gasteiger partial charge in [0.25, 0.3) is 0 Å². The summed E-state index contributed by atoms with van der Waals surface area (Å²) in [6.07, 6.45) is 1.07. The molecule has 5 nitrogen and oxygen atoms in total. The van der Waals surface area contributed by atoms with Gasteiger partial charge in [0.15, 0.2) is 0 Å². The van der Waals surface area contributed by atoms with Crippen molar-refractivity contribution in [2.45, 2.75) is 6.42 Å². The number of nitrogens with one attached hydrogen (secondary N) is 1. The lowest BCUT2D eigenvalue weighted by atomic mass is 10.2. The Labute approximate surface area is 121 Å². The topological polar surface area (TPSA) is 76.1 Å². The van der Waals surface area contributed by atoms with Gasteiger partial charge in [-0.1, -0.05) is 30.3 Å². The van der Waals surface area contributed by atoms with E-state index in [0.717, 1.165) is 17.5 Å². The fourth-order valence-electron chi connectivity index (χ4n) is 1.56. The van der Waals surface area contributed by atoms with Crippen LogP contribution in [0.15, 0.2) is 36.4 Å². The molecule has 0 fully saturated rings. The first kappa shape index (κ1) is 14.7. The normalized spacial score (nSPS) is 11.2. The van der Waals surface area contributed by atoms with Gasteiger partial charge in [0, 0.05) is 24.3 Å². The summed E-state index contributed by atoms with van der Waals surface area (Å²) in [6.45, 7) is 0. The number of hydrogen-bond donors (Lipinski definition) is 1. The van der Waals surface area contributed by atoms with Gasteiger partial charge in [0.1, 0.15) is 14.8 Å². The Morgan fingerprint density at radius 1 is 1.30 bits per heavy atom. The van der Waals surface area contributed by atoms with Crippen LogP contribution < -0.4 is 5.32 Å². The quantitative estimate of drug-likeness (QED) is 0.918. The van der Waals surface area contributed by atoms with Crippen LogP contribution >= 0.6 is 11.5 Å². The van der Waals surface area contributed by atoms with Crippen molar-refractivity contribution in [2.75, 3.05) is 17.3 Å². The lowest BCUT2D eigenvalue weighted by Crippen LogP contribution is -2.15. The predicted octanol–water partition coefficient (Wildman–Crippen LogP) is 2.18. The zero-order chi connectivity index (χ0) is 14.6. The van der Waals surface area contributed by atoms with Crippen LogP contribution in [0.3, 0.4) is 0 Å². The third kappa shape index (κ3) is 4.43. The summed E-state index contributed by atoms with van der Waals surface area (Å²) in [5.41, 5.74) is 1.76. The van der Waals surface area contributed by atoms with Crippen molar-refractivity contribution >= 4 is 32.3 Å². The molecule has 106 valence electrons. The van der Waals surface area contributed by atoms with Crippen molar-refractivity contribution in [1.82, 2.24) is 4.37 Å². The number of hydrogen-bond acceptors (Lipinski definition) is 5. The van der Waals surface area contributed by atoms with E-state index < -0.39 is 9.84 Å². The van der Waals surface area contributed by atoms with Gasteiger partial charge in [0.2, 0.25) is 5.91 Å². The Morgan fingerprint density at radius 3 is 2.65 bits per heavy atom. The van der Waals surface area contributed by atoms with Crippen LogP contribution in [0.25, 0.3) is 11.3 Å². The maximum Gasteiger partial charge on any atom is 0.226 e. The summed E-state index contributed by atoms with van der Waals surface area (Å²) in [5, 5.41) is 3.27. The maximum atomic E-state index is 11.6. The first-order chi connectivity index (χ1) is 9.44. The maximum absolute atomic E-state index is 11.6. The molecule has 0 atom stereocenters. The summed E-state index contributed by atoms with van der Waals surface area (Å²) in [6, 6.07) is 11.4. The Kier molecular flexibility index (Phi) is 4.51. The monoisotopic (exact) mass is 310 g/mol. The van der Waals surface area contributed by atoms with Crippen LogP contribution in [0.4, 0.5) is 5.00 Å². The third-order valence-corrected chi connectivity index (χ3v) is 4.19. The van der Waals surface area contributed by atoms with E-state index in [0.29, 0.717) is 5.00 Å². The SMILES string of the molecule is CS(=O)(=O)CCC(=O)Nc1cc(-c2ccccc2)ns1. The molecule has 0 aliphatic carbocycles. The van der Waals surface area contributed by atoms with Crippen LogP contribution in [0.5, 0.6) is 0 Å². The molecule has 1 aromatic carbocycles. The molecule has 0 radical (unpaired) electrons. The van der Waals surface area contributed by atoms with Crippen molar-refractivity contribution in [3.63, 3.8) is 0 Å². The number of nitrogens with zero attached hydrogens (tertiary/aromatic N) is 1. The Hall–Kier alpha value is -1.73. The van der Waals surface area contributed by atoms with E-state index in [9.17, 15) is 13.2 Å². The van der Waals surface area contributed by atoms with Gasteiger partial charge < -0.3 is 5.32 Å². The van der Waals surface area contributed by atoms with Crippen molar-refractivity contribution < 1.29 is 13.2 Å². The largest absolute Gasteiger partial charge is 0.316 e. The number of aromatic nitrogens is 1. The molecule has 0 saturated carbocycles. The molecule has 0 saturated heterocycles. The molecule has 0 bridgehead atoms. The van der Waals surface area contributed by atoms with Crippen LogP contribution in [0.1, 0.15) is 6.42 Å². The van der Waals surface area contributed by atoms with Crippen LogP contribution in [0, 0.1) is 0 Å². The highest BCUT2D eigenvalue weighted by Gasteiger charge is 2.10. The molecule has 0 aliphatic rings. The van der Waals surface area contributed by atoms with E-state index in [1.807, 2.05) is 30.3 Å². The molecule has 2 aromatic rings. The van der Waals surface area contributed by atoms with Crippen molar-refractivity contribution in [3.8, 4) is 11.3 Å². The first-order valence-electron chi connectivity index (χ1n) is 5.94. The molecule has 0 unspecified atom stereocenters. The van der Waals surface area contributed by atoms with Crippen LogP contribution in [-0.4, -0.2) is 30.7 Å². The van der Waals surface area contributed by atoms with E-state index in [1.165, 1.54) is 11.5 Å². The molecule has 1 amide bonds. The second-order valence-corrected chi connectivity index (χ2v) is 7.44. The molecule has 1 N–H and O–H groups in total. The van der Waals surface area contributed by atoms with Crippen molar-refractivity contribution in [1.29, 1.82) is 0 Å². The van der Waals surface area contributed by atoms with E-state index >= 15 is 0 Å². The van der Waals surface area contributed by atoms with Gasteiger partial charge in [-0.2, -0.15) is 4.37 Å². The first-order valence-corrected chi connectivity index (χ1v) is 8.77. The molecule has 20 heavy (non-hydrogen) atoms. The summed E-state index contributed by atoms with van der Waals surface area (Å²) < 4.78 is 26.2. The van der Waals surface area contributed by atoms with E-state index in [-0.39, 0.29) is 18.1 Å². The molecule has 0 aliphatic heterocycles. The predicted molar refractivity (Wildman–Crippen MR) is 80.5 cm³/mol. The molecular weight excluding hydrogens is 296 g/mol. The highest BCUT2D eigenvalue weighted by molar-refractivity contribution is 7.90. The molecule has 1 aromatic heterocycles. The highest BCUT2D eigenvalue weighted by atomic mass is 32.2. The van der Waals surface area contributed by atoms with Crippen molar-refractivity contribution in [3.05, 3.63) is 36.4 Å². The van der Waals surface area contributed by atoms with Gasteiger partial charge in [0.05, 0.1) is 11.4 Å². The number of amides is 1. The average molecular weight is 310 g/mol. The zero-order valence-corrected chi connectivity index (χ0v) is 12.5. The number of carbonyl (C=O) groups is 1. The molecule has 2 rings (SSSR count). The molecule has 1 heterocycles. The molecular formula is C13H14N2O3S2. The van der Waals surface area contributed by atoms with Gasteiger partial charge in [-0.25, -0.2) is 8.42 Å². The molecule has 7 heteroatoms. The minimum Gasteiger partial charge on any atom is -0.316 e. The van der Waals surface area contributed by atoms with Crippen LogP contribution in [0.2, 0.25) is 0 Å². The lowest BCUT2D eigenvalue weighted by Gasteiger charge is -2.00. The fraction of sp³-hybridized carbons (Fsp3) is 0.231. The number of benzene rings is 1. The average Bonchev–Trinajstić information content (AvgIpc) is 2.85.